The molecule has 0 atom stereocenters. The van der Waals surface area contributed by atoms with Crippen molar-refractivity contribution in [2.45, 2.75) is 38.5 Å². The molecule has 3 nitrogen and oxygen atoms in total. The first-order valence-corrected chi connectivity index (χ1v) is 6.82. The van der Waals surface area contributed by atoms with Crippen LogP contribution in [0.5, 0.6) is 5.75 Å². The quantitative estimate of drug-likeness (QED) is 0.879. The summed E-state index contributed by atoms with van der Waals surface area (Å²) < 4.78 is 18.5. The van der Waals surface area contributed by atoms with Gasteiger partial charge in [-0.1, -0.05) is 32.1 Å². The van der Waals surface area contributed by atoms with Crippen molar-refractivity contribution in [1.29, 1.82) is 0 Å². The SMILES string of the molecule is O=C(O)c1cc(F)ccc1OCCC1CCCCC1. The van der Waals surface area contributed by atoms with E-state index in [4.69, 9.17) is 9.84 Å². The summed E-state index contributed by atoms with van der Waals surface area (Å²) in [6.07, 6.45) is 7.29. The molecule has 0 amide bonds. The first-order valence-electron chi connectivity index (χ1n) is 6.82. The lowest BCUT2D eigenvalue weighted by molar-refractivity contribution is 0.0691. The number of ether oxygens (including phenoxy) is 1. The number of aromatic carboxylic acids is 1. The van der Waals surface area contributed by atoms with Crippen molar-refractivity contribution in [1.82, 2.24) is 0 Å². The summed E-state index contributed by atoms with van der Waals surface area (Å²) in [4.78, 5) is 11.0. The largest absolute Gasteiger partial charge is 0.493 e. The summed E-state index contributed by atoms with van der Waals surface area (Å²) >= 11 is 0. The number of rotatable bonds is 5. The minimum atomic E-state index is -1.16. The Bertz CT molecular complexity index is 439. The first-order chi connectivity index (χ1) is 9.16. The molecule has 1 aromatic rings. The molecule has 0 saturated heterocycles. The van der Waals surface area contributed by atoms with E-state index in [0.29, 0.717) is 12.5 Å². The zero-order valence-corrected chi connectivity index (χ0v) is 10.9. The van der Waals surface area contributed by atoms with Gasteiger partial charge in [-0.2, -0.15) is 0 Å². The number of hydrogen-bond acceptors (Lipinski definition) is 2. The molecule has 0 radical (unpaired) electrons. The Hall–Kier alpha value is -1.58. The Balaban J connectivity index is 1.89. The Kier molecular flexibility index (Phi) is 4.77. The van der Waals surface area contributed by atoms with Gasteiger partial charge in [-0.25, -0.2) is 9.18 Å². The van der Waals surface area contributed by atoms with Crippen molar-refractivity contribution < 1.29 is 19.0 Å². The summed E-state index contributed by atoms with van der Waals surface area (Å²) in [6.45, 7) is 0.497. The first kappa shape index (κ1) is 13.8. The van der Waals surface area contributed by atoms with E-state index in [1.165, 1.54) is 44.2 Å². The topological polar surface area (TPSA) is 46.5 Å². The van der Waals surface area contributed by atoms with Gasteiger partial charge >= 0.3 is 5.97 Å². The zero-order valence-electron chi connectivity index (χ0n) is 10.9. The van der Waals surface area contributed by atoms with E-state index in [0.717, 1.165) is 12.5 Å². The molecule has 0 aromatic heterocycles. The van der Waals surface area contributed by atoms with Gasteiger partial charge in [0.1, 0.15) is 17.1 Å². The van der Waals surface area contributed by atoms with E-state index < -0.39 is 11.8 Å². The number of carboxylic acids is 1. The predicted molar refractivity (Wildman–Crippen MR) is 70.0 cm³/mol. The summed E-state index contributed by atoms with van der Waals surface area (Å²) in [5.74, 6) is -0.781. The van der Waals surface area contributed by atoms with Crippen LogP contribution in [0.25, 0.3) is 0 Å². The van der Waals surface area contributed by atoms with Gasteiger partial charge in [0.05, 0.1) is 6.61 Å². The summed E-state index contributed by atoms with van der Waals surface area (Å²) in [7, 11) is 0. The normalized spacial score (nSPS) is 16.3. The van der Waals surface area contributed by atoms with Crippen LogP contribution >= 0.6 is 0 Å². The van der Waals surface area contributed by atoms with Crippen molar-refractivity contribution in [2.24, 2.45) is 5.92 Å². The highest BCUT2D eigenvalue weighted by atomic mass is 19.1. The smallest absolute Gasteiger partial charge is 0.339 e. The van der Waals surface area contributed by atoms with Gasteiger partial charge in [0.25, 0.3) is 0 Å². The molecule has 1 N–H and O–H groups in total. The maximum atomic E-state index is 13.0. The molecule has 104 valence electrons. The number of hydrogen-bond donors (Lipinski definition) is 1. The number of halogens is 1. The summed E-state index contributed by atoms with van der Waals surface area (Å²) in [5.41, 5.74) is -0.108. The molecule has 1 aliphatic carbocycles. The summed E-state index contributed by atoms with van der Waals surface area (Å²) in [5, 5.41) is 8.99. The Morgan fingerprint density at radius 3 is 2.74 bits per heavy atom. The molecule has 0 aliphatic heterocycles. The fourth-order valence-electron chi connectivity index (χ4n) is 2.61. The van der Waals surface area contributed by atoms with Gasteiger partial charge in [-0.05, 0) is 30.5 Å². The highest BCUT2D eigenvalue weighted by Gasteiger charge is 2.15. The molecule has 0 spiro atoms. The summed E-state index contributed by atoms with van der Waals surface area (Å²) in [6, 6.07) is 3.61. The van der Waals surface area contributed by atoms with Crippen molar-refractivity contribution in [3.8, 4) is 5.75 Å². The lowest BCUT2D eigenvalue weighted by Crippen LogP contribution is -2.12. The second-order valence-electron chi connectivity index (χ2n) is 5.09. The second kappa shape index (κ2) is 6.55. The predicted octanol–water partition coefficient (Wildman–Crippen LogP) is 3.87. The molecular weight excluding hydrogens is 247 g/mol. The lowest BCUT2D eigenvalue weighted by atomic mass is 9.87. The standard InChI is InChI=1S/C15H19FO3/c16-12-6-7-14(13(10-12)15(17)18)19-9-8-11-4-2-1-3-5-11/h6-7,10-11H,1-5,8-9H2,(H,17,18). The van der Waals surface area contributed by atoms with Gasteiger partial charge in [-0.15, -0.1) is 0 Å². The van der Waals surface area contributed by atoms with E-state index in [2.05, 4.69) is 0 Å². The van der Waals surface area contributed by atoms with Crippen LogP contribution in [-0.4, -0.2) is 17.7 Å². The Morgan fingerprint density at radius 1 is 1.32 bits per heavy atom. The van der Waals surface area contributed by atoms with Crippen LogP contribution in [-0.2, 0) is 0 Å². The molecular formula is C15H19FO3. The molecule has 4 heteroatoms. The van der Waals surface area contributed by atoms with Crippen LogP contribution in [0.15, 0.2) is 18.2 Å². The third-order valence-corrected chi connectivity index (χ3v) is 3.68. The monoisotopic (exact) mass is 266 g/mol. The maximum absolute atomic E-state index is 13.0. The average Bonchev–Trinajstić information content (AvgIpc) is 2.41. The third-order valence-electron chi connectivity index (χ3n) is 3.68. The number of carbonyl (C=O) groups is 1. The van der Waals surface area contributed by atoms with Crippen molar-refractivity contribution >= 4 is 5.97 Å². The minimum Gasteiger partial charge on any atom is -0.493 e. The molecule has 19 heavy (non-hydrogen) atoms. The van der Waals surface area contributed by atoms with Crippen LogP contribution in [0.3, 0.4) is 0 Å². The molecule has 0 bridgehead atoms. The van der Waals surface area contributed by atoms with E-state index in [9.17, 15) is 9.18 Å². The second-order valence-corrected chi connectivity index (χ2v) is 5.09. The van der Waals surface area contributed by atoms with Crippen LogP contribution < -0.4 is 4.74 Å². The van der Waals surface area contributed by atoms with E-state index in [-0.39, 0.29) is 11.3 Å². The number of benzene rings is 1. The molecule has 0 unspecified atom stereocenters. The van der Waals surface area contributed by atoms with Crippen LogP contribution in [0.1, 0.15) is 48.9 Å². The van der Waals surface area contributed by atoms with Gasteiger partial charge < -0.3 is 9.84 Å². The van der Waals surface area contributed by atoms with Crippen LogP contribution in [0.4, 0.5) is 4.39 Å². The molecule has 0 heterocycles. The van der Waals surface area contributed by atoms with Gasteiger partial charge in [0, 0.05) is 0 Å². The van der Waals surface area contributed by atoms with Gasteiger partial charge in [0.2, 0.25) is 0 Å². The van der Waals surface area contributed by atoms with E-state index in [1.54, 1.807) is 0 Å². The average molecular weight is 266 g/mol. The van der Waals surface area contributed by atoms with Crippen molar-refractivity contribution in [3.63, 3.8) is 0 Å². The van der Waals surface area contributed by atoms with E-state index >= 15 is 0 Å². The number of carboxylic acid groups (broad SMARTS) is 1. The Morgan fingerprint density at radius 2 is 2.05 bits per heavy atom. The van der Waals surface area contributed by atoms with Crippen LogP contribution in [0.2, 0.25) is 0 Å². The van der Waals surface area contributed by atoms with E-state index in [1.807, 2.05) is 0 Å². The van der Waals surface area contributed by atoms with Gasteiger partial charge in [-0.3, -0.25) is 0 Å². The minimum absolute atomic E-state index is 0.108. The van der Waals surface area contributed by atoms with Crippen LogP contribution in [0, 0.1) is 11.7 Å². The zero-order chi connectivity index (χ0) is 13.7. The third kappa shape index (κ3) is 3.94. The molecule has 2 rings (SSSR count). The fourth-order valence-corrected chi connectivity index (χ4v) is 2.61. The highest BCUT2D eigenvalue weighted by Crippen LogP contribution is 2.27. The molecule has 1 saturated carbocycles. The van der Waals surface area contributed by atoms with Crippen molar-refractivity contribution in [2.75, 3.05) is 6.61 Å². The molecule has 1 aliphatic rings. The lowest BCUT2D eigenvalue weighted by Gasteiger charge is -2.21. The molecule has 1 fully saturated rings. The highest BCUT2D eigenvalue weighted by molar-refractivity contribution is 5.90. The fraction of sp³-hybridized carbons (Fsp3) is 0.533. The Labute approximate surface area is 112 Å². The van der Waals surface area contributed by atoms with Crippen molar-refractivity contribution in [3.05, 3.63) is 29.6 Å². The van der Waals surface area contributed by atoms with Gasteiger partial charge in [0.15, 0.2) is 0 Å². The molecule has 1 aromatic carbocycles. The maximum Gasteiger partial charge on any atom is 0.339 e.